The second-order valence-electron chi connectivity index (χ2n) is 4.19. The van der Waals surface area contributed by atoms with Crippen LogP contribution >= 0.6 is 0 Å². The van der Waals surface area contributed by atoms with Crippen molar-refractivity contribution in [3.8, 4) is 0 Å². The molecule has 0 bridgehead atoms. The van der Waals surface area contributed by atoms with E-state index < -0.39 is 8.41 Å². The molecule has 0 N–H and O–H groups in total. The van der Waals surface area contributed by atoms with Crippen LogP contribution in [0.25, 0.3) is 0 Å². The largest absolute Gasteiger partial charge is 0.0884 e. The Morgan fingerprint density at radius 3 is 1.72 bits per heavy atom. The predicted molar refractivity (Wildman–Crippen MR) is 79.9 cm³/mol. The zero-order valence-electron chi connectivity index (χ0n) is 10.0. The van der Waals surface area contributed by atoms with E-state index >= 15 is 0 Å². The molecule has 0 spiro atoms. The normalized spacial score (nSPS) is 13.0. The third kappa shape index (κ3) is 2.18. The lowest BCUT2D eigenvalue weighted by molar-refractivity contribution is 1.74. The van der Waals surface area contributed by atoms with Gasteiger partial charge in [0, 0.05) is 0 Å². The summed E-state index contributed by atoms with van der Waals surface area (Å²) in [5.74, 6) is 0. The van der Waals surface area contributed by atoms with Crippen LogP contribution in [0, 0.1) is 6.08 Å². The van der Waals surface area contributed by atoms with Gasteiger partial charge < -0.3 is 0 Å². The fourth-order valence-corrected chi connectivity index (χ4v) is 4.67. The summed E-state index contributed by atoms with van der Waals surface area (Å²) < 4.78 is 0. The van der Waals surface area contributed by atoms with Gasteiger partial charge in [0.2, 0.25) is 0 Å². The van der Waals surface area contributed by atoms with E-state index in [0.29, 0.717) is 0 Å². The SMILES string of the molecule is [C]1=CC=CC1=[Si](c1ccccc1)c1ccccc1. The molecule has 0 fully saturated rings. The van der Waals surface area contributed by atoms with E-state index in [0.717, 1.165) is 0 Å². The fraction of sp³-hybridized carbons (Fsp3) is 0. The number of benzene rings is 2. The van der Waals surface area contributed by atoms with Crippen molar-refractivity contribution in [1.82, 2.24) is 0 Å². The summed E-state index contributed by atoms with van der Waals surface area (Å²) in [4.78, 5) is 0. The van der Waals surface area contributed by atoms with Gasteiger partial charge in [-0.2, -0.15) is 0 Å². The van der Waals surface area contributed by atoms with Crippen molar-refractivity contribution in [3.63, 3.8) is 0 Å². The Kier molecular flexibility index (Phi) is 3.16. The fourth-order valence-electron chi connectivity index (χ4n) is 2.17. The van der Waals surface area contributed by atoms with Crippen LogP contribution in [0.4, 0.5) is 0 Å². The molecule has 1 aliphatic carbocycles. The van der Waals surface area contributed by atoms with Crippen molar-refractivity contribution in [2.45, 2.75) is 0 Å². The van der Waals surface area contributed by atoms with Gasteiger partial charge in [-0.05, 0) is 21.6 Å². The van der Waals surface area contributed by atoms with E-state index in [9.17, 15) is 0 Å². The summed E-state index contributed by atoms with van der Waals surface area (Å²) in [6.07, 6.45) is 9.65. The maximum absolute atomic E-state index is 3.38. The monoisotopic (exact) mass is 245 g/mol. The Morgan fingerprint density at radius 2 is 1.28 bits per heavy atom. The molecule has 0 heterocycles. The number of hydrogen-bond donors (Lipinski definition) is 0. The molecule has 0 atom stereocenters. The van der Waals surface area contributed by atoms with Crippen LogP contribution in [-0.2, 0) is 0 Å². The lowest BCUT2D eigenvalue weighted by atomic mass is 10.4. The minimum absolute atomic E-state index is 0.890. The van der Waals surface area contributed by atoms with Gasteiger partial charge >= 0.3 is 0 Å². The summed E-state index contributed by atoms with van der Waals surface area (Å²) in [5, 5.41) is 4.16. The Morgan fingerprint density at radius 1 is 0.722 bits per heavy atom. The highest BCUT2D eigenvalue weighted by Gasteiger charge is 2.10. The van der Waals surface area contributed by atoms with E-state index in [2.05, 4.69) is 78.9 Å². The average Bonchev–Trinajstić information content (AvgIpc) is 2.95. The molecule has 0 aliphatic heterocycles. The molecule has 85 valence electrons. The van der Waals surface area contributed by atoms with Crippen molar-refractivity contribution in [3.05, 3.63) is 85.0 Å². The summed E-state index contributed by atoms with van der Waals surface area (Å²) in [7, 11) is -0.890. The van der Waals surface area contributed by atoms with Crippen molar-refractivity contribution >= 4 is 24.0 Å². The Hall–Kier alpha value is -1.99. The van der Waals surface area contributed by atoms with Gasteiger partial charge in [0.15, 0.2) is 0 Å². The number of hydrogen-bond acceptors (Lipinski definition) is 0. The molecule has 2 aromatic rings. The van der Waals surface area contributed by atoms with E-state index in [1.54, 1.807) is 0 Å². The molecule has 0 saturated carbocycles. The number of allylic oxidation sites excluding steroid dienone is 4. The Bertz CT molecular complexity index is 564. The molecule has 1 aliphatic rings. The molecule has 1 heteroatoms. The Balaban J connectivity index is 2.21. The van der Waals surface area contributed by atoms with Gasteiger partial charge in [0.05, 0.1) is 8.41 Å². The molecule has 0 unspecified atom stereocenters. The van der Waals surface area contributed by atoms with Gasteiger partial charge in [-0.3, -0.25) is 0 Å². The number of rotatable bonds is 2. The van der Waals surface area contributed by atoms with Crippen LogP contribution in [-0.4, -0.2) is 13.6 Å². The summed E-state index contributed by atoms with van der Waals surface area (Å²) in [6, 6.07) is 21.5. The first-order chi connectivity index (χ1) is 8.95. The predicted octanol–water partition coefficient (Wildman–Crippen LogP) is 1.98. The van der Waals surface area contributed by atoms with E-state index in [-0.39, 0.29) is 0 Å². The van der Waals surface area contributed by atoms with Crippen molar-refractivity contribution in [2.75, 3.05) is 0 Å². The first-order valence-corrected chi connectivity index (χ1v) is 7.57. The second-order valence-corrected chi connectivity index (χ2v) is 6.63. The third-order valence-corrected chi connectivity index (χ3v) is 5.66. The smallest absolute Gasteiger partial charge is 0.0623 e. The van der Waals surface area contributed by atoms with Gasteiger partial charge in [-0.15, -0.1) is 0 Å². The van der Waals surface area contributed by atoms with E-state index in [1.165, 1.54) is 15.5 Å². The molecule has 3 rings (SSSR count). The van der Waals surface area contributed by atoms with Crippen LogP contribution < -0.4 is 10.4 Å². The molecule has 0 saturated heterocycles. The topological polar surface area (TPSA) is 0 Å². The van der Waals surface area contributed by atoms with Crippen molar-refractivity contribution in [1.29, 1.82) is 0 Å². The van der Waals surface area contributed by atoms with Crippen LogP contribution in [0.5, 0.6) is 0 Å². The van der Waals surface area contributed by atoms with E-state index in [1.807, 2.05) is 6.08 Å². The van der Waals surface area contributed by atoms with Crippen LogP contribution in [0.3, 0.4) is 0 Å². The lowest BCUT2D eigenvalue weighted by Crippen LogP contribution is -2.39. The van der Waals surface area contributed by atoms with E-state index in [4.69, 9.17) is 0 Å². The maximum atomic E-state index is 3.38. The molecule has 2 aromatic carbocycles. The standard InChI is InChI=1S/C17H13Si/c1-3-9-15(10-4-1)18(17-13-7-8-14-17)16-11-5-2-6-12-16/h1-13H. The summed E-state index contributed by atoms with van der Waals surface area (Å²) in [6.45, 7) is 0. The Labute approximate surface area is 109 Å². The zero-order chi connectivity index (χ0) is 12.2. The highest BCUT2D eigenvalue weighted by atomic mass is 28.2. The van der Waals surface area contributed by atoms with Gasteiger partial charge in [-0.25, -0.2) is 0 Å². The first-order valence-electron chi connectivity index (χ1n) is 6.07. The molecular weight excluding hydrogens is 232 g/mol. The molecule has 0 aromatic heterocycles. The molecule has 0 amide bonds. The summed E-state index contributed by atoms with van der Waals surface area (Å²) >= 11 is 0. The molecule has 18 heavy (non-hydrogen) atoms. The first kappa shape index (κ1) is 11.1. The zero-order valence-corrected chi connectivity index (χ0v) is 11.0. The minimum Gasteiger partial charge on any atom is -0.0623 e. The summed E-state index contributed by atoms with van der Waals surface area (Å²) in [5.41, 5.74) is 0. The van der Waals surface area contributed by atoms with Gasteiger partial charge in [0.1, 0.15) is 0 Å². The third-order valence-electron chi connectivity index (χ3n) is 2.99. The lowest BCUT2D eigenvalue weighted by Gasteiger charge is -2.09. The van der Waals surface area contributed by atoms with Crippen molar-refractivity contribution in [2.24, 2.45) is 0 Å². The quantitative estimate of drug-likeness (QED) is 0.710. The minimum atomic E-state index is -0.890. The maximum Gasteiger partial charge on any atom is 0.0884 e. The highest BCUT2D eigenvalue weighted by molar-refractivity contribution is 6.94. The average molecular weight is 245 g/mol. The molecule has 0 nitrogen and oxygen atoms in total. The van der Waals surface area contributed by atoms with Crippen molar-refractivity contribution < 1.29 is 0 Å². The molecular formula is C17H13Si. The molecule has 1 radical (unpaired) electrons. The second kappa shape index (κ2) is 5.11. The van der Waals surface area contributed by atoms with Crippen LogP contribution in [0.15, 0.2) is 78.9 Å². The highest BCUT2D eigenvalue weighted by Crippen LogP contribution is 1.97. The van der Waals surface area contributed by atoms with Gasteiger partial charge in [-0.1, -0.05) is 78.9 Å². The van der Waals surface area contributed by atoms with Gasteiger partial charge in [0.25, 0.3) is 0 Å². The van der Waals surface area contributed by atoms with Crippen LogP contribution in [0.1, 0.15) is 0 Å². The van der Waals surface area contributed by atoms with Crippen LogP contribution in [0.2, 0.25) is 0 Å².